The van der Waals surface area contributed by atoms with E-state index in [1.165, 1.54) is 53.7 Å². The van der Waals surface area contributed by atoms with Crippen LogP contribution in [0, 0.1) is 13.5 Å². The number of anilines is 1. The van der Waals surface area contributed by atoms with Crippen molar-refractivity contribution in [3.63, 3.8) is 0 Å². The summed E-state index contributed by atoms with van der Waals surface area (Å²) in [5.41, 5.74) is -0.965. The quantitative estimate of drug-likeness (QED) is 0.116. The summed E-state index contributed by atoms with van der Waals surface area (Å²) in [7, 11) is 0. The van der Waals surface area contributed by atoms with E-state index in [1.54, 1.807) is 20.8 Å². The molecule has 4 rings (SSSR count). The number of alkyl halides is 3. The summed E-state index contributed by atoms with van der Waals surface area (Å²) >= 11 is 6.26. The third-order valence-electron chi connectivity index (χ3n) is 6.74. The Morgan fingerprint density at radius 3 is 2.42 bits per heavy atom. The first-order valence-corrected chi connectivity index (χ1v) is 12.5. The summed E-state index contributed by atoms with van der Waals surface area (Å²) in [6.45, 7) is 12.1. The Morgan fingerprint density at radius 1 is 1.12 bits per heavy atom. The van der Waals surface area contributed by atoms with Crippen molar-refractivity contribution in [1.82, 2.24) is 4.90 Å². The normalized spacial score (nSPS) is 14.9. The van der Waals surface area contributed by atoms with Gasteiger partial charge in [-0.25, -0.2) is 14.5 Å². The first-order chi connectivity index (χ1) is 18.8. The van der Waals surface area contributed by atoms with Gasteiger partial charge in [-0.2, -0.15) is 13.2 Å². The van der Waals surface area contributed by atoms with Crippen molar-refractivity contribution in [2.45, 2.75) is 38.9 Å². The molecule has 1 saturated heterocycles. The van der Waals surface area contributed by atoms with Crippen LogP contribution in [0.25, 0.3) is 16.0 Å². The standard InChI is InChI=1S/C28H25ClF3N4O4/c1-17-23(9-8-22(33-4)24(17)29)36-25(37)27(2,3)35(26(36)38)12-5-15-40-19-6-7-20(21(16-19)28(30,31)32)18-10-13-34(39)14-11-18/h6-11,13-14,16,39H,5,12,15H2,1-3H3/q+1. The number of nitrogens with zero attached hydrogens (tertiary/aromatic N) is 4. The van der Waals surface area contributed by atoms with Crippen LogP contribution in [0.1, 0.15) is 31.4 Å². The van der Waals surface area contributed by atoms with Crippen molar-refractivity contribution in [2.75, 3.05) is 18.1 Å². The number of ether oxygens (including phenoxy) is 1. The predicted octanol–water partition coefficient (Wildman–Crippen LogP) is 6.43. The Balaban J connectivity index is 1.47. The lowest BCUT2D eigenvalue weighted by Gasteiger charge is -2.27. The third kappa shape index (κ3) is 5.27. The molecule has 0 spiro atoms. The SMILES string of the molecule is [C-]#[N+]c1ccc(N2C(=O)N(CCCOc3ccc(-c4cc[n+](O)cc4)c(C(F)(F)F)c3)C(C)(C)C2=O)c(C)c1Cl. The minimum atomic E-state index is -4.65. The lowest BCUT2D eigenvalue weighted by atomic mass is 10.00. The fraction of sp³-hybridized carbons (Fsp3) is 0.286. The maximum absolute atomic E-state index is 13.8. The van der Waals surface area contributed by atoms with Crippen molar-refractivity contribution in [2.24, 2.45) is 0 Å². The van der Waals surface area contributed by atoms with Gasteiger partial charge in [0, 0.05) is 23.4 Å². The number of hydrogen-bond donors (Lipinski definition) is 1. The average Bonchev–Trinajstić information content (AvgIpc) is 3.07. The first-order valence-electron chi connectivity index (χ1n) is 12.1. The lowest BCUT2D eigenvalue weighted by Crippen LogP contribution is -2.44. The molecule has 12 heteroatoms. The molecule has 0 aliphatic carbocycles. The van der Waals surface area contributed by atoms with Crippen LogP contribution in [0.4, 0.5) is 29.3 Å². The minimum Gasteiger partial charge on any atom is -0.494 e. The summed E-state index contributed by atoms with van der Waals surface area (Å²) < 4.78 is 47.7. The zero-order chi connectivity index (χ0) is 29.4. The van der Waals surface area contributed by atoms with Crippen molar-refractivity contribution in [3.8, 4) is 16.9 Å². The van der Waals surface area contributed by atoms with Crippen LogP contribution < -0.4 is 14.4 Å². The summed E-state index contributed by atoms with van der Waals surface area (Å²) in [5.74, 6) is -0.467. The van der Waals surface area contributed by atoms with Crippen LogP contribution in [-0.4, -0.2) is 40.7 Å². The van der Waals surface area contributed by atoms with Crippen molar-refractivity contribution < 1.29 is 37.4 Å². The van der Waals surface area contributed by atoms with Gasteiger partial charge in [-0.1, -0.05) is 23.7 Å². The Morgan fingerprint density at radius 2 is 1.80 bits per heavy atom. The zero-order valence-corrected chi connectivity index (χ0v) is 22.5. The van der Waals surface area contributed by atoms with E-state index in [1.807, 2.05) is 0 Å². The second kappa shape index (κ2) is 10.7. The fourth-order valence-corrected chi connectivity index (χ4v) is 4.72. The van der Waals surface area contributed by atoms with Crippen LogP contribution in [0.5, 0.6) is 5.75 Å². The molecule has 0 saturated carbocycles. The first kappa shape index (κ1) is 28.7. The molecule has 1 N–H and O–H groups in total. The number of amides is 3. The monoisotopic (exact) mass is 573 g/mol. The van der Waals surface area contributed by atoms with Crippen molar-refractivity contribution in [3.05, 3.63) is 82.4 Å². The third-order valence-corrected chi connectivity index (χ3v) is 7.22. The molecule has 8 nitrogen and oxygen atoms in total. The minimum absolute atomic E-state index is 0.000830. The number of imide groups is 1. The molecule has 0 radical (unpaired) electrons. The Kier molecular flexibility index (Phi) is 7.67. The summed E-state index contributed by atoms with van der Waals surface area (Å²) in [6.07, 6.45) is -1.95. The molecule has 1 fully saturated rings. The van der Waals surface area contributed by atoms with E-state index >= 15 is 0 Å². The molecule has 3 amide bonds. The van der Waals surface area contributed by atoms with Gasteiger partial charge in [0.15, 0.2) is 0 Å². The fourth-order valence-electron chi connectivity index (χ4n) is 4.52. The highest BCUT2D eigenvalue weighted by molar-refractivity contribution is 6.35. The summed E-state index contributed by atoms with van der Waals surface area (Å²) in [4.78, 5) is 32.3. The smallest absolute Gasteiger partial charge is 0.417 e. The summed E-state index contributed by atoms with van der Waals surface area (Å²) in [5, 5.41) is 9.53. The molecule has 40 heavy (non-hydrogen) atoms. The van der Waals surface area contributed by atoms with Gasteiger partial charge >= 0.3 is 12.2 Å². The molecular formula is C28H25ClF3N4O4+. The van der Waals surface area contributed by atoms with Crippen molar-refractivity contribution in [1.29, 1.82) is 0 Å². The molecule has 0 atom stereocenters. The number of rotatable bonds is 7. The van der Waals surface area contributed by atoms with Gasteiger partial charge < -0.3 is 9.64 Å². The van der Waals surface area contributed by atoms with E-state index < -0.39 is 29.2 Å². The molecule has 2 aromatic carbocycles. The number of carbonyl (C=O) groups is 2. The number of urea groups is 1. The van der Waals surface area contributed by atoms with Crippen LogP contribution in [0.3, 0.4) is 0 Å². The van der Waals surface area contributed by atoms with Gasteiger partial charge in [-0.3, -0.25) is 10.0 Å². The van der Waals surface area contributed by atoms with Crippen molar-refractivity contribution >= 4 is 34.9 Å². The maximum atomic E-state index is 13.8. The molecule has 1 aliphatic heterocycles. The molecule has 208 valence electrons. The highest BCUT2D eigenvalue weighted by atomic mass is 35.5. The molecule has 0 unspecified atom stereocenters. The van der Waals surface area contributed by atoms with Crippen LogP contribution >= 0.6 is 11.6 Å². The zero-order valence-electron chi connectivity index (χ0n) is 21.8. The number of aromatic nitrogens is 1. The highest BCUT2D eigenvalue weighted by Crippen LogP contribution is 2.40. The van der Waals surface area contributed by atoms with E-state index in [-0.39, 0.29) is 52.8 Å². The number of hydrogen-bond acceptors (Lipinski definition) is 4. The van der Waals surface area contributed by atoms with Crippen LogP contribution in [0.15, 0.2) is 54.9 Å². The Bertz CT molecular complexity index is 1520. The predicted molar refractivity (Wildman–Crippen MR) is 140 cm³/mol. The molecule has 1 aromatic heterocycles. The van der Waals surface area contributed by atoms with Gasteiger partial charge in [-0.05, 0) is 62.1 Å². The molecule has 2 heterocycles. The van der Waals surface area contributed by atoms with Crippen LogP contribution in [-0.2, 0) is 11.0 Å². The second-order valence-electron chi connectivity index (χ2n) is 9.66. The maximum Gasteiger partial charge on any atom is 0.417 e. The lowest BCUT2D eigenvalue weighted by molar-refractivity contribution is -0.904. The van der Waals surface area contributed by atoms with Gasteiger partial charge in [0.1, 0.15) is 11.3 Å². The Labute approximate surface area is 233 Å². The summed E-state index contributed by atoms with van der Waals surface area (Å²) in [6, 6.07) is 8.73. The van der Waals surface area contributed by atoms with E-state index in [0.29, 0.717) is 5.56 Å². The van der Waals surface area contributed by atoms with Crippen LogP contribution in [0.2, 0.25) is 5.02 Å². The van der Waals surface area contributed by atoms with E-state index in [0.717, 1.165) is 15.7 Å². The number of carbonyl (C=O) groups excluding carboxylic acids is 2. The van der Waals surface area contributed by atoms with E-state index in [2.05, 4.69) is 4.85 Å². The second-order valence-corrected chi connectivity index (χ2v) is 10.0. The molecular weight excluding hydrogens is 549 g/mol. The van der Waals surface area contributed by atoms with E-state index in [4.69, 9.17) is 22.9 Å². The number of halogens is 4. The molecule has 3 aromatic rings. The number of pyridine rings is 1. The van der Waals surface area contributed by atoms with Gasteiger partial charge in [0.05, 0.1) is 29.5 Å². The highest BCUT2D eigenvalue weighted by Gasteiger charge is 2.52. The number of benzene rings is 2. The molecule has 0 bridgehead atoms. The van der Waals surface area contributed by atoms with Gasteiger partial charge in [-0.15, -0.1) is 0 Å². The average molecular weight is 574 g/mol. The molecule has 1 aliphatic rings. The van der Waals surface area contributed by atoms with Gasteiger partial charge in [0.2, 0.25) is 18.1 Å². The largest absolute Gasteiger partial charge is 0.494 e. The topological polar surface area (TPSA) is 78.3 Å². The van der Waals surface area contributed by atoms with E-state index in [9.17, 15) is 28.0 Å². The Hall–Kier alpha value is -4.30. The van der Waals surface area contributed by atoms with Gasteiger partial charge in [0.25, 0.3) is 5.91 Å².